The van der Waals surface area contributed by atoms with Crippen LogP contribution in [0.15, 0.2) is 77.6 Å². The van der Waals surface area contributed by atoms with Crippen molar-refractivity contribution >= 4 is 16.7 Å². The average molecular weight is 419 g/mol. The van der Waals surface area contributed by atoms with E-state index in [1.165, 1.54) is 6.07 Å². The predicted octanol–water partition coefficient (Wildman–Crippen LogP) is 3.70. The number of amides is 1. The van der Waals surface area contributed by atoms with Gasteiger partial charge >= 0.3 is 0 Å². The normalized spacial score (nSPS) is 10.9. The molecule has 7 heteroatoms. The number of fused-ring (bicyclic) bond motifs is 1. The number of benzene rings is 3. The molecule has 1 amide bonds. The van der Waals surface area contributed by atoms with Gasteiger partial charge in [0.15, 0.2) is 11.6 Å². The number of hydrogen-bond acceptors (Lipinski definition) is 3. The van der Waals surface area contributed by atoms with Gasteiger partial charge in [-0.15, -0.1) is 0 Å². The molecule has 1 aromatic heterocycles. The van der Waals surface area contributed by atoms with E-state index < -0.39 is 17.2 Å². The molecule has 0 spiro atoms. The van der Waals surface area contributed by atoms with Gasteiger partial charge in [0.25, 0.3) is 5.56 Å². The summed E-state index contributed by atoms with van der Waals surface area (Å²) in [7, 11) is 0. The van der Waals surface area contributed by atoms with Gasteiger partial charge < -0.3 is 5.32 Å². The fraction of sp³-hybridized carbons (Fsp3) is 0.125. The number of rotatable bonds is 6. The Hall–Kier alpha value is -3.87. The lowest BCUT2D eigenvalue weighted by atomic mass is 10.0. The highest BCUT2D eigenvalue weighted by atomic mass is 19.2. The Morgan fingerprint density at radius 1 is 0.903 bits per heavy atom. The first kappa shape index (κ1) is 20.4. The topological polar surface area (TPSA) is 64.0 Å². The number of nitrogens with zero attached hydrogens (tertiary/aromatic N) is 2. The van der Waals surface area contributed by atoms with E-state index in [1.807, 2.05) is 30.3 Å². The van der Waals surface area contributed by atoms with Gasteiger partial charge in [0, 0.05) is 17.5 Å². The third kappa shape index (κ3) is 4.50. The molecule has 3 aromatic carbocycles. The molecule has 0 aliphatic heterocycles. The summed E-state index contributed by atoms with van der Waals surface area (Å²) in [6, 6.07) is 19.9. The molecular formula is C24H19F2N3O2. The van der Waals surface area contributed by atoms with Crippen molar-refractivity contribution < 1.29 is 13.6 Å². The quantitative estimate of drug-likeness (QED) is 0.518. The van der Waals surface area contributed by atoms with E-state index in [2.05, 4.69) is 10.4 Å². The van der Waals surface area contributed by atoms with Crippen LogP contribution in [0.5, 0.6) is 0 Å². The third-order valence-corrected chi connectivity index (χ3v) is 4.93. The number of halogens is 2. The van der Waals surface area contributed by atoms with Gasteiger partial charge in [-0.2, -0.15) is 5.10 Å². The first-order valence-corrected chi connectivity index (χ1v) is 9.79. The summed E-state index contributed by atoms with van der Waals surface area (Å²) in [5.41, 5.74) is 1.27. The van der Waals surface area contributed by atoms with Crippen molar-refractivity contribution in [1.82, 2.24) is 15.1 Å². The second-order valence-corrected chi connectivity index (χ2v) is 7.07. The number of aromatic nitrogens is 2. The number of carbonyl (C=O) groups is 1. The van der Waals surface area contributed by atoms with E-state index >= 15 is 0 Å². The Morgan fingerprint density at radius 2 is 1.61 bits per heavy atom. The summed E-state index contributed by atoms with van der Waals surface area (Å²) in [6.07, 6.45) is 0.659. The van der Waals surface area contributed by atoms with Crippen LogP contribution in [0.2, 0.25) is 0 Å². The highest BCUT2D eigenvalue weighted by Crippen LogP contribution is 2.25. The maximum absolute atomic E-state index is 13.8. The van der Waals surface area contributed by atoms with Gasteiger partial charge in [0.1, 0.15) is 6.54 Å². The van der Waals surface area contributed by atoms with Crippen LogP contribution in [0.3, 0.4) is 0 Å². The zero-order chi connectivity index (χ0) is 21.8. The predicted molar refractivity (Wildman–Crippen MR) is 115 cm³/mol. The van der Waals surface area contributed by atoms with Crippen molar-refractivity contribution in [3.05, 3.63) is 100 Å². The highest BCUT2D eigenvalue weighted by molar-refractivity contribution is 5.93. The van der Waals surface area contributed by atoms with Crippen molar-refractivity contribution in [2.24, 2.45) is 0 Å². The summed E-state index contributed by atoms with van der Waals surface area (Å²) in [6.45, 7) is 0.135. The molecule has 0 aliphatic carbocycles. The fourth-order valence-corrected chi connectivity index (χ4v) is 3.38. The third-order valence-electron chi connectivity index (χ3n) is 4.93. The number of hydrogen-bond donors (Lipinski definition) is 1. The molecule has 31 heavy (non-hydrogen) atoms. The molecule has 0 saturated heterocycles. The maximum atomic E-state index is 13.8. The van der Waals surface area contributed by atoms with E-state index in [-0.39, 0.29) is 12.5 Å². The molecule has 5 nitrogen and oxygen atoms in total. The van der Waals surface area contributed by atoms with Crippen LogP contribution in [-0.4, -0.2) is 22.2 Å². The first-order chi connectivity index (χ1) is 15.0. The minimum Gasteiger partial charge on any atom is -0.354 e. The van der Waals surface area contributed by atoms with Crippen LogP contribution < -0.4 is 10.9 Å². The van der Waals surface area contributed by atoms with Crippen molar-refractivity contribution in [1.29, 1.82) is 0 Å². The lowest BCUT2D eigenvalue weighted by Crippen LogP contribution is -2.35. The van der Waals surface area contributed by atoms with Crippen LogP contribution >= 0.6 is 0 Å². The summed E-state index contributed by atoms with van der Waals surface area (Å²) in [5.74, 6) is -2.35. The molecule has 1 heterocycles. The second kappa shape index (κ2) is 8.87. The summed E-state index contributed by atoms with van der Waals surface area (Å²) >= 11 is 0. The number of carbonyl (C=O) groups excluding carboxylic acids is 1. The van der Waals surface area contributed by atoms with Crippen molar-refractivity contribution in [2.45, 2.75) is 13.0 Å². The van der Waals surface area contributed by atoms with Gasteiger partial charge in [-0.3, -0.25) is 9.59 Å². The Morgan fingerprint density at radius 3 is 2.35 bits per heavy atom. The molecule has 156 valence electrons. The lowest BCUT2D eigenvalue weighted by molar-refractivity contribution is -0.121. The van der Waals surface area contributed by atoms with E-state index in [0.29, 0.717) is 35.0 Å². The Kier molecular flexibility index (Phi) is 5.84. The van der Waals surface area contributed by atoms with Crippen LogP contribution in [0, 0.1) is 11.6 Å². The van der Waals surface area contributed by atoms with Crippen LogP contribution in [0.1, 0.15) is 5.56 Å². The van der Waals surface area contributed by atoms with Gasteiger partial charge in [-0.25, -0.2) is 13.5 Å². The summed E-state index contributed by atoms with van der Waals surface area (Å²) < 4.78 is 28.2. The largest absolute Gasteiger partial charge is 0.354 e. The highest BCUT2D eigenvalue weighted by Gasteiger charge is 2.15. The SMILES string of the molecule is O=C(Cn1nc(-c2ccc(F)c(F)c2)c2ccccc2c1=O)NCCc1ccccc1. The molecular weight excluding hydrogens is 400 g/mol. The minimum absolute atomic E-state index is 0.283. The molecule has 4 aromatic rings. The Balaban J connectivity index is 1.61. The van der Waals surface area contributed by atoms with E-state index in [4.69, 9.17) is 0 Å². The zero-order valence-corrected chi connectivity index (χ0v) is 16.5. The molecule has 0 bridgehead atoms. The first-order valence-electron chi connectivity index (χ1n) is 9.79. The van der Waals surface area contributed by atoms with Gasteiger partial charge in [0.05, 0.1) is 11.1 Å². The van der Waals surface area contributed by atoms with Crippen LogP contribution in [0.25, 0.3) is 22.0 Å². The van der Waals surface area contributed by atoms with Gasteiger partial charge in [-0.05, 0) is 36.2 Å². The van der Waals surface area contributed by atoms with Gasteiger partial charge in [-0.1, -0.05) is 48.5 Å². The maximum Gasteiger partial charge on any atom is 0.275 e. The van der Waals surface area contributed by atoms with E-state index in [0.717, 1.165) is 22.4 Å². The smallest absolute Gasteiger partial charge is 0.275 e. The monoisotopic (exact) mass is 419 g/mol. The standard InChI is InChI=1S/C24H19F2N3O2/c25-20-11-10-17(14-21(20)26)23-18-8-4-5-9-19(18)24(31)29(28-23)15-22(30)27-13-12-16-6-2-1-3-7-16/h1-11,14H,12-13,15H2,(H,27,30). The molecule has 4 rings (SSSR count). The van der Waals surface area contributed by atoms with Crippen molar-refractivity contribution in [2.75, 3.05) is 6.54 Å². The molecule has 1 N–H and O–H groups in total. The summed E-state index contributed by atoms with van der Waals surface area (Å²) in [5, 5.41) is 7.93. The second-order valence-electron chi connectivity index (χ2n) is 7.07. The molecule has 0 saturated carbocycles. The molecule has 0 aliphatic rings. The lowest BCUT2D eigenvalue weighted by Gasteiger charge is -2.12. The van der Waals surface area contributed by atoms with Crippen molar-refractivity contribution in [3.8, 4) is 11.3 Å². The molecule has 0 radical (unpaired) electrons. The van der Waals surface area contributed by atoms with E-state index in [1.54, 1.807) is 24.3 Å². The molecule has 0 fully saturated rings. The minimum atomic E-state index is -1.01. The van der Waals surface area contributed by atoms with Gasteiger partial charge in [0.2, 0.25) is 5.91 Å². The van der Waals surface area contributed by atoms with Crippen LogP contribution in [0.4, 0.5) is 8.78 Å². The molecule has 0 atom stereocenters. The average Bonchev–Trinajstić information content (AvgIpc) is 2.78. The summed E-state index contributed by atoms with van der Waals surface area (Å²) in [4.78, 5) is 25.3. The Labute approximate surface area is 177 Å². The fourth-order valence-electron chi connectivity index (χ4n) is 3.38. The molecule has 0 unspecified atom stereocenters. The van der Waals surface area contributed by atoms with E-state index in [9.17, 15) is 18.4 Å². The van der Waals surface area contributed by atoms with Crippen molar-refractivity contribution in [3.63, 3.8) is 0 Å². The zero-order valence-electron chi connectivity index (χ0n) is 16.5. The van der Waals surface area contributed by atoms with Crippen LogP contribution in [-0.2, 0) is 17.8 Å². The number of nitrogens with one attached hydrogen (secondary N) is 1. The Bertz CT molecular complexity index is 1300.